The van der Waals surface area contributed by atoms with Gasteiger partial charge in [-0.1, -0.05) is 73.7 Å². The van der Waals surface area contributed by atoms with Crippen LogP contribution in [0.2, 0.25) is 18.1 Å². The Hall–Kier alpha value is -1.27. The van der Waals surface area contributed by atoms with E-state index in [4.69, 9.17) is 13.9 Å². The zero-order valence-corrected chi connectivity index (χ0v) is 22.6. The lowest BCUT2D eigenvalue weighted by molar-refractivity contribution is -0.0318. The molecule has 32 heavy (non-hydrogen) atoms. The zero-order chi connectivity index (χ0) is 23.5. The van der Waals surface area contributed by atoms with Gasteiger partial charge in [-0.05, 0) is 23.7 Å². The smallest absolute Gasteiger partial charge is 0.335 e. The van der Waals surface area contributed by atoms with Crippen molar-refractivity contribution in [3.05, 3.63) is 69.0 Å². The highest BCUT2D eigenvalue weighted by Crippen LogP contribution is 2.41. The van der Waals surface area contributed by atoms with E-state index in [-0.39, 0.29) is 24.0 Å². The molecule has 2 aromatic rings. The third-order valence-electron chi connectivity index (χ3n) is 6.27. The fraction of sp³-hybridized carbons (Fsp3) is 0.565. The number of benzene rings is 1. The minimum Gasteiger partial charge on any atom is -0.409 e. The number of hydrogen-bond donors (Lipinski definition) is 0. The molecule has 0 saturated carbocycles. The lowest BCUT2D eigenvalue weighted by Crippen LogP contribution is -2.47. The van der Waals surface area contributed by atoms with Crippen molar-refractivity contribution in [3.8, 4) is 0 Å². The molecule has 0 amide bonds. The van der Waals surface area contributed by atoms with Gasteiger partial charge >= 0.3 is 5.69 Å². The van der Waals surface area contributed by atoms with Crippen molar-refractivity contribution in [3.63, 3.8) is 0 Å². The molecule has 2 heterocycles. The number of rotatable bonds is 8. The van der Waals surface area contributed by atoms with Gasteiger partial charge in [0, 0.05) is 23.1 Å². The number of nitrogens with zero attached hydrogens (tertiary/aromatic N) is 2. The number of hydrogen-bond acceptors (Lipinski definition) is 5. The molecular formula is C23H33IN2O5Si. The second-order valence-electron chi connectivity index (χ2n) is 9.69. The first-order chi connectivity index (χ1) is 15.0. The molecule has 9 heteroatoms. The van der Waals surface area contributed by atoms with Crippen LogP contribution in [0.15, 0.2) is 52.2 Å². The summed E-state index contributed by atoms with van der Waals surface area (Å²) in [5.41, 5.74) is 0.127. The molecule has 1 aliphatic rings. The van der Waals surface area contributed by atoms with Crippen molar-refractivity contribution in [2.75, 3.05) is 4.43 Å². The summed E-state index contributed by atoms with van der Waals surface area (Å²) in [7, 11) is -2.08. The van der Waals surface area contributed by atoms with E-state index in [0.717, 1.165) is 21.0 Å². The molecule has 0 radical (unpaired) electrons. The van der Waals surface area contributed by atoms with Crippen LogP contribution in [0.25, 0.3) is 0 Å². The van der Waals surface area contributed by atoms with Crippen molar-refractivity contribution in [1.29, 1.82) is 0 Å². The summed E-state index contributed by atoms with van der Waals surface area (Å²) in [5.74, 6) is 0. The van der Waals surface area contributed by atoms with E-state index in [1.165, 1.54) is 16.8 Å². The summed E-state index contributed by atoms with van der Waals surface area (Å²) >= 11 is 2.30. The maximum Gasteiger partial charge on any atom is 0.335 e. The summed E-state index contributed by atoms with van der Waals surface area (Å²) in [5, 5.41) is 0.0367. The van der Waals surface area contributed by atoms with Crippen LogP contribution in [-0.2, 0) is 27.2 Å². The molecule has 3 atom stereocenters. The van der Waals surface area contributed by atoms with E-state index < -0.39 is 25.8 Å². The first-order valence-corrected chi connectivity index (χ1v) is 15.3. The fourth-order valence-corrected chi connectivity index (χ4v) is 5.28. The predicted molar refractivity (Wildman–Crippen MR) is 136 cm³/mol. The molecule has 1 aliphatic heterocycles. The van der Waals surface area contributed by atoms with Crippen LogP contribution >= 0.6 is 22.6 Å². The summed E-state index contributed by atoms with van der Waals surface area (Å²) in [4.78, 5) is 25.7. The third-order valence-corrected chi connectivity index (χ3v) is 11.8. The second kappa shape index (κ2) is 10.3. The summed E-state index contributed by atoms with van der Waals surface area (Å²) < 4.78 is 21.9. The average molecular weight is 573 g/mol. The van der Waals surface area contributed by atoms with Gasteiger partial charge in [-0.2, -0.15) is 0 Å². The van der Waals surface area contributed by atoms with Crippen molar-refractivity contribution in [2.45, 2.75) is 77.1 Å². The Morgan fingerprint density at radius 3 is 2.47 bits per heavy atom. The molecule has 0 aliphatic carbocycles. The standard InChI is InChI=1S/C23H33IN2O5Si/c1-23(2,3)32(4,5)31-19-13-18(14-24)30-21(19)25-12-11-20(27)26(22(25)28)16-29-15-17-9-7-6-8-10-17/h6-12,18-19,21H,13-16H2,1-5H3/t18-,19+,21+/m0/s1. The first kappa shape index (κ1) is 25.4. The highest BCUT2D eigenvalue weighted by atomic mass is 127. The maximum atomic E-state index is 13.2. The summed E-state index contributed by atoms with van der Waals surface area (Å²) in [6, 6.07) is 11.0. The number of aromatic nitrogens is 2. The van der Waals surface area contributed by atoms with Crippen LogP contribution in [0, 0.1) is 0 Å². The molecule has 1 aromatic heterocycles. The van der Waals surface area contributed by atoms with Gasteiger partial charge in [-0.25, -0.2) is 9.36 Å². The Labute approximate surface area is 204 Å². The van der Waals surface area contributed by atoms with Crippen molar-refractivity contribution in [2.24, 2.45) is 0 Å². The lowest BCUT2D eigenvalue weighted by atomic mass is 10.2. The van der Waals surface area contributed by atoms with Gasteiger partial charge in [-0.15, -0.1) is 0 Å². The molecular weight excluding hydrogens is 539 g/mol. The SMILES string of the molecule is CC(C)(C)[Si](C)(C)O[C@@H]1C[C@@H](CI)O[C@H]1n1ccc(=O)n(COCc2ccccc2)c1=O. The van der Waals surface area contributed by atoms with Gasteiger partial charge in [0.05, 0.1) is 18.8 Å². The topological polar surface area (TPSA) is 71.7 Å². The van der Waals surface area contributed by atoms with Gasteiger partial charge in [0.2, 0.25) is 0 Å². The first-order valence-electron chi connectivity index (χ1n) is 10.9. The van der Waals surface area contributed by atoms with Gasteiger partial charge in [0.25, 0.3) is 5.56 Å². The van der Waals surface area contributed by atoms with Crippen molar-refractivity contribution >= 4 is 30.9 Å². The van der Waals surface area contributed by atoms with Crippen molar-refractivity contribution in [1.82, 2.24) is 9.13 Å². The van der Waals surface area contributed by atoms with Gasteiger partial charge in [0.15, 0.2) is 14.5 Å². The van der Waals surface area contributed by atoms with E-state index in [1.807, 2.05) is 30.3 Å². The monoisotopic (exact) mass is 572 g/mol. The molecule has 1 saturated heterocycles. The van der Waals surface area contributed by atoms with E-state index in [1.54, 1.807) is 0 Å². The van der Waals surface area contributed by atoms with Crippen LogP contribution in [-0.4, -0.2) is 34.1 Å². The second-order valence-corrected chi connectivity index (χ2v) is 15.3. The Balaban J connectivity index is 1.84. The van der Waals surface area contributed by atoms with E-state index in [0.29, 0.717) is 6.61 Å². The average Bonchev–Trinajstić information content (AvgIpc) is 3.12. The van der Waals surface area contributed by atoms with Crippen LogP contribution < -0.4 is 11.2 Å². The molecule has 176 valence electrons. The van der Waals surface area contributed by atoms with Crippen molar-refractivity contribution < 1.29 is 13.9 Å². The third kappa shape index (κ3) is 5.80. The molecule has 0 spiro atoms. The van der Waals surface area contributed by atoms with E-state index >= 15 is 0 Å². The van der Waals surface area contributed by atoms with E-state index in [2.05, 4.69) is 56.5 Å². The van der Waals surface area contributed by atoms with Gasteiger partial charge in [0.1, 0.15) is 6.73 Å². The number of ether oxygens (including phenoxy) is 2. The molecule has 0 unspecified atom stereocenters. The fourth-order valence-electron chi connectivity index (χ4n) is 3.39. The van der Waals surface area contributed by atoms with Crippen LogP contribution in [0.5, 0.6) is 0 Å². The maximum absolute atomic E-state index is 13.2. The molecule has 3 rings (SSSR count). The normalized spacial score (nSPS) is 21.8. The van der Waals surface area contributed by atoms with Gasteiger partial charge < -0.3 is 13.9 Å². The molecule has 0 N–H and O–H groups in total. The van der Waals surface area contributed by atoms with Gasteiger partial charge in [-0.3, -0.25) is 9.36 Å². The molecule has 0 bridgehead atoms. The largest absolute Gasteiger partial charge is 0.409 e. The Bertz CT molecular complexity index is 1020. The molecule has 1 fully saturated rings. The van der Waals surface area contributed by atoms with E-state index in [9.17, 15) is 9.59 Å². The Morgan fingerprint density at radius 1 is 1.16 bits per heavy atom. The highest BCUT2D eigenvalue weighted by Gasteiger charge is 2.45. The summed E-state index contributed by atoms with van der Waals surface area (Å²) in [6.45, 7) is 11.2. The Kier molecular flexibility index (Phi) is 8.19. The molecule has 1 aromatic carbocycles. The minimum atomic E-state index is -2.08. The zero-order valence-electron chi connectivity index (χ0n) is 19.4. The molecule has 7 nitrogen and oxygen atoms in total. The predicted octanol–water partition coefficient (Wildman–Crippen LogP) is 4.30. The minimum absolute atomic E-state index is 0.00280. The van der Waals surface area contributed by atoms with Crippen LogP contribution in [0.1, 0.15) is 39.0 Å². The Morgan fingerprint density at radius 2 is 1.84 bits per heavy atom. The lowest BCUT2D eigenvalue weighted by Gasteiger charge is -2.39. The summed E-state index contributed by atoms with van der Waals surface area (Å²) in [6.07, 6.45) is 1.41. The number of alkyl halides is 1. The number of halogens is 1. The highest BCUT2D eigenvalue weighted by molar-refractivity contribution is 14.1. The quantitative estimate of drug-likeness (QED) is 0.268. The van der Waals surface area contributed by atoms with Crippen LogP contribution in [0.3, 0.4) is 0 Å². The van der Waals surface area contributed by atoms with Crippen LogP contribution in [0.4, 0.5) is 0 Å².